The van der Waals surface area contributed by atoms with Crippen LogP contribution < -0.4 is 5.69 Å². The number of benzene rings is 1. The van der Waals surface area contributed by atoms with Crippen molar-refractivity contribution in [3.8, 4) is 0 Å². The topological polar surface area (TPSA) is 75.1 Å². The largest absolute Gasteiger partial charge is 0.464 e. The van der Waals surface area contributed by atoms with Gasteiger partial charge in [0.05, 0.1) is 11.0 Å². The molecule has 0 aliphatic carbocycles. The minimum absolute atomic E-state index is 0.399. The Morgan fingerprint density at radius 1 is 1.33 bits per heavy atom. The molecule has 5 nitrogen and oxygen atoms in total. The number of H-pyrrole nitrogens is 1. The van der Waals surface area contributed by atoms with E-state index < -0.39 is 11.8 Å². The number of imidazole rings is 1. The Hall–Kier alpha value is -2.04. The third-order valence-corrected chi connectivity index (χ3v) is 2.49. The third kappa shape index (κ3) is 1.32. The Bertz CT molecular complexity index is 607. The number of hydrogen-bond donors (Lipinski definition) is 2. The molecule has 0 unspecified atom stereocenters. The van der Waals surface area contributed by atoms with E-state index in [1.54, 1.807) is 12.1 Å². The lowest BCUT2D eigenvalue weighted by Gasteiger charge is -2.00. The molecule has 78 valence electrons. The molecule has 15 heavy (non-hydrogen) atoms. The quantitative estimate of drug-likeness (QED) is 0.685. The second kappa shape index (κ2) is 2.98. The zero-order valence-corrected chi connectivity index (χ0v) is 8.37. The van der Waals surface area contributed by atoms with Gasteiger partial charge in [0.1, 0.15) is 0 Å². The van der Waals surface area contributed by atoms with Gasteiger partial charge in [-0.2, -0.15) is 4.57 Å². The average Bonchev–Trinajstić information content (AvgIpc) is 2.41. The summed E-state index contributed by atoms with van der Waals surface area (Å²) in [4.78, 5) is 24.7. The van der Waals surface area contributed by atoms with E-state index >= 15 is 0 Å². The summed E-state index contributed by atoms with van der Waals surface area (Å²) in [5, 5.41) is 8.86. The molecular weight excluding hydrogens is 196 g/mol. The fourth-order valence-corrected chi connectivity index (χ4v) is 1.56. The minimum Gasteiger partial charge on any atom is -0.464 e. The first-order valence-corrected chi connectivity index (χ1v) is 4.46. The molecule has 0 amide bonds. The number of hydrogen-bond acceptors (Lipinski definition) is 2. The number of carbonyl (C=O) groups is 1. The highest BCUT2D eigenvalue weighted by molar-refractivity contribution is 5.86. The van der Waals surface area contributed by atoms with Gasteiger partial charge in [0.25, 0.3) is 0 Å². The van der Waals surface area contributed by atoms with Crippen LogP contribution in [0, 0.1) is 13.8 Å². The van der Waals surface area contributed by atoms with Gasteiger partial charge >= 0.3 is 11.8 Å². The number of nitrogens with one attached hydrogen (secondary N) is 1. The van der Waals surface area contributed by atoms with Gasteiger partial charge in [0.2, 0.25) is 0 Å². The lowest BCUT2D eigenvalue weighted by molar-refractivity contribution is 0.196. The molecule has 0 spiro atoms. The van der Waals surface area contributed by atoms with Crippen LogP contribution in [0.15, 0.2) is 16.9 Å². The zero-order valence-electron chi connectivity index (χ0n) is 8.37. The van der Waals surface area contributed by atoms with E-state index in [-0.39, 0.29) is 0 Å². The van der Waals surface area contributed by atoms with Crippen molar-refractivity contribution in [1.29, 1.82) is 0 Å². The van der Waals surface area contributed by atoms with Crippen LogP contribution in [0.4, 0.5) is 4.79 Å². The minimum atomic E-state index is -1.27. The summed E-state index contributed by atoms with van der Waals surface area (Å²) in [6.07, 6.45) is -1.27. The summed E-state index contributed by atoms with van der Waals surface area (Å²) in [7, 11) is 0. The van der Waals surface area contributed by atoms with Crippen LogP contribution in [0.3, 0.4) is 0 Å². The van der Waals surface area contributed by atoms with Gasteiger partial charge in [0.15, 0.2) is 0 Å². The summed E-state index contributed by atoms with van der Waals surface area (Å²) in [6.45, 7) is 3.78. The van der Waals surface area contributed by atoms with Crippen molar-refractivity contribution >= 4 is 17.1 Å². The molecule has 2 N–H and O–H groups in total. The lowest BCUT2D eigenvalue weighted by atomic mass is 10.1. The fourth-order valence-electron chi connectivity index (χ4n) is 1.56. The standard InChI is InChI=1S/C10H10N2O3/c1-5-3-7-8(4-6(5)2)12(10(14)15)9(13)11-7/h3-4H,1-2H3,(H,11,13)(H,14,15). The van der Waals surface area contributed by atoms with Crippen LogP contribution in [0.5, 0.6) is 0 Å². The van der Waals surface area contributed by atoms with Gasteiger partial charge in [-0.05, 0) is 37.1 Å². The summed E-state index contributed by atoms with van der Waals surface area (Å²) < 4.78 is 0.710. The first kappa shape index (κ1) is 9.51. The molecule has 0 radical (unpaired) electrons. The van der Waals surface area contributed by atoms with Crippen molar-refractivity contribution in [1.82, 2.24) is 9.55 Å². The summed E-state index contributed by atoms with van der Waals surface area (Å²) in [6, 6.07) is 3.46. The molecule has 1 aromatic heterocycles. The molecule has 5 heteroatoms. The van der Waals surface area contributed by atoms with Gasteiger partial charge in [-0.3, -0.25) is 0 Å². The zero-order chi connectivity index (χ0) is 11.2. The van der Waals surface area contributed by atoms with Gasteiger partial charge in [-0.15, -0.1) is 0 Å². The van der Waals surface area contributed by atoms with Crippen LogP contribution in [-0.2, 0) is 0 Å². The SMILES string of the molecule is Cc1cc2[nH]c(=O)n(C(=O)O)c2cc1C. The molecule has 0 aliphatic heterocycles. The van der Waals surface area contributed by atoms with Crippen LogP contribution in [0.2, 0.25) is 0 Å². The van der Waals surface area contributed by atoms with Gasteiger partial charge in [0, 0.05) is 0 Å². The average molecular weight is 206 g/mol. The molecule has 0 fully saturated rings. The number of aromatic nitrogens is 2. The normalized spacial score (nSPS) is 10.8. The molecular formula is C10H10N2O3. The van der Waals surface area contributed by atoms with Crippen LogP contribution in [0.25, 0.3) is 11.0 Å². The highest BCUT2D eigenvalue weighted by Gasteiger charge is 2.12. The van der Waals surface area contributed by atoms with E-state index in [2.05, 4.69) is 4.98 Å². The van der Waals surface area contributed by atoms with E-state index in [9.17, 15) is 9.59 Å². The highest BCUT2D eigenvalue weighted by Crippen LogP contribution is 2.16. The summed E-state index contributed by atoms with van der Waals surface area (Å²) in [5.41, 5.74) is 2.29. The van der Waals surface area contributed by atoms with Gasteiger partial charge in [-0.25, -0.2) is 9.59 Å². The van der Waals surface area contributed by atoms with Crippen LogP contribution in [-0.4, -0.2) is 20.8 Å². The van der Waals surface area contributed by atoms with E-state index in [0.717, 1.165) is 11.1 Å². The molecule has 2 aromatic rings. The summed E-state index contributed by atoms with van der Waals surface area (Å²) in [5.74, 6) is 0. The van der Waals surface area contributed by atoms with E-state index in [1.165, 1.54) is 0 Å². The molecule has 0 saturated carbocycles. The Kier molecular flexibility index (Phi) is 1.89. The van der Waals surface area contributed by atoms with Crippen molar-refractivity contribution in [2.45, 2.75) is 13.8 Å². The molecule has 1 aromatic carbocycles. The van der Waals surface area contributed by atoms with Crippen molar-refractivity contribution in [3.05, 3.63) is 33.7 Å². The van der Waals surface area contributed by atoms with Gasteiger partial charge in [-0.1, -0.05) is 0 Å². The van der Waals surface area contributed by atoms with E-state index in [0.29, 0.717) is 15.6 Å². The first-order valence-electron chi connectivity index (χ1n) is 4.46. The van der Waals surface area contributed by atoms with Crippen LogP contribution >= 0.6 is 0 Å². The van der Waals surface area contributed by atoms with Gasteiger partial charge < -0.3 is 10.1 Å². The number of fused-ring (bicyclic) bond motifs is 1. The fraction of sp³-hybridized carbons (Fsp3) is 0.200. The van der Waals surface area contributed by atoms with E-state index in [1.807, 2.05) is 13.8 Å². The second-order valence-electron chi connectivity index (χ2n) is 3.50. The number of nitrogens with zero attached hydrogens (tertiary/aromatic N) is 1. The molecule has 0 bridgehead atoms. The predicted octanol–water partition coefficient (Wildman–Crippen LogP) is 1.47. The maximum Gasteiger partial charge on any atom is 0.420 e. The Labute approximate surface area is 85.0 Å². The Morgan fingerprint density at radius 2 is 1.93 bits per heavy atom. The molecule has 0 aliphatic rings. The highest BCUT2D eigenvalue weighted by atomic mass is 16.4. The maximum atomic E-state index is 11.3. The third-order valence-electron chi connectivity index (χ3n) is 2.49. The molecule has 1 heterocycles. The first-order chi connectivity index (χ1) is 7.00. The van der Waals surface area contributed by atoms with Crippen molar-refractivity contribution in [2.75, 3.05) is 0 Å². The Morgan fingerprint density at radius 3 is 2.53 bits per heavy atom. The number of carboxylic acid groups (broad SMARTS) is 1. The number of rotatable bonds is 0. The lowest BCUT2D eigenvalue weighted by Crippen LogP contribution is -2.22. The number of aromatic amines is 1. The maximum absolute atomic E-state index is 11.3. The molecule has 0 atom stereocenters. The summed E-state index contributed by atoms with van der Waals surface area (Å²) >= 11 is 0. The molecule has 0 saturated heterocycles. The smallest absolute Gasteiger partial charge is 0.420 e. The van der Waals surface area contributed by atoms with Crippen molar-refractivity contribution in [2.24, 2.45) is 0 Å². The van der Waals surface area contributed by atoms with Crippen LogP contribution in [0.1, 0.15) is 11.1 Å². The monoisotopic (exact) mass is 206 g/mol. The molecule has 2 rings (SSSR count). The van der Waals surface area contributed by atoms with Crippen molar-refractivity contribution in [3.63, 3.8) is 0 Å². The van der Waals surface area contributed by atoms with E-state index in [4.69, 9.17) is 5.11 Å². The second-order valence-corrected chi connectivity index (χ2v) is 3.50. The predicted molar refractivity (Wildman–Crippen MR) is 55.5 cm³/mol. The number of aryl methyl sites for hydroxylation is 2. The Balaban J connectivity index is 2.94. The van der Waals surface area contributed by atoms with Crippen molar-refractivity contribution < 1.29 is 9.90 Å².